The zero-order chi connectivity index (χ0) is 9.41. The molecule has 0 radical (unpaired) electrons. The number of rotatable bonds is 1. The molecule has 0 saturated carbocycles. The molecule has 2 nitrogen and oxygen atoms in total. The molecule has 0 N–H and O–H groups in total. The number of hydrogen-bond donors (Lipinski definition) is 0. The van der Waals surface area contributed by atoms with Gasteiger partial charge in [0.15, 0.2) is 5.60 Å². The lowest BCUT2D eigenvalue weighted by Crippen LogP contribution is -2.29. The van der Waals surface area contributed by atoms with Crippen LogP contribution in [0, 0.1) is 5.41 Å². The number of nitrogens with zero attached hydrogens (tertiary/aromatic N) is 1. The summed E-state index contributed by atoms with van der Waals surface area (Å²) in [6, 6.07) is 0. The van der Waals surface area contributed by atoms with E-state index in [0.717, 1.165) is 12.1 Å². The summed E-state index contributed by atoms with van der Waals surface area (Å²) in [5.74, 6) is 0.496. The maximum Gasteiger partial charge on any atom is 0.153 e. The molecule has 0 aromatic carbocycles. The molecule has 0 aromatic heterocycles. The summed E-state index contributed by atoms with van der Waals surface area (Å²) in [5.41, 5.74) is 0.930. The van der Waals surface area contributed by atoms with E-state index in [9.17, 15) is 0 Å². The van der Waals surface area contributed by atoms with Crippen molar-refractivity contribution in [3.8, 4) is 0 Å². The van der Waals surface area contributed by atoms with Gasteiger partial charge < -0.3 is 4.84 Å². The molecule has 70 valence electrons. The van der Waals surface area contributed by atoms with Crippen molar-refractivity contribution >= 4 is 17.3 Å². The van der Waals surface area contributed by atoms with Crippen molar-refractivity contribution in [1.29, 1.82) is 0 Å². The van der Waals surface area contributed by atoms with E-state index in [4.69, 9.17) is 16.4 Å². The number of alkyl halides is 1. The molecular formula is C9H16ClNO. The van der Waals surface area contributed by atoms with E-state index < -0.39 is 0 Å². The Morgan fingerprint density at radius 2 is 2.17 bits per heavy atom. The molecule has 0 saturated heterocycles. The van der Waals surface area contributed by atoms with Crippen LogP contribution in [0.4, 0.5) is 0 Å². The second kappa shape index (κ2) is 2.91. The molecule has 1 aliphatic heterocycles. The number of hydrogen-bond acceptors (Lipinski definition) is 2. The minimum Gasteiger partial charge on any atom is -0.388 e. The van der Waals surface area contributed by atoms with Crippen LogP contribution >= 0.6 is 11.6 Å². The quantitative estimate of drug-likeness (QED) is 0.582. The SMILES string of the molecule is CC1(CCl)CC(C(C)(C)C)=NO1. The van der Waals surface area contributed by atoms with Gasteiger partial charge >= 0.3 is 0 Å². The van der Waals surface area contributed by atoms with Gasteiger partial charge in [-0.15, -0.1) is 11.6 Å². The molecular weight excluding hydrogens is 174 g/mol. The van der Waals surface area contributed by atoms with Gasteiger partial charge in [0.1, 0.15) is 0 Å². The molecule has 0 spiro atoms. The van der Waals surface area contributed by atoms with Crippen LogP contribution in [0.15, 0.2) is 5.16 Å². The summed E-state index contributed by atoms with van der Waals surface area (Å²) in [6.07, 6.45) is 0.847. The molecule has 3 heteroatoms. The first-order chi connectivity index (χ1) is 5.37. The van der Waals surface area contributed by atoms with Gasteiger partial charge in [-0.25, -0.2) is 0 Å². The van der Waals surface area contributed by atoms with Gasteiger partial charge in [-0.1, -0.05) is 25.9 Å². The maximum absolute atomic E-state index is 5.77. The average molecular weight is 190 g/mol. The summed E-state index contributed by atoms with van der Waals surface area (Å²) < 4.78 is 0. The van der Waals surface area contributed by atoms with Crippen LogP contribution in [0.2, 0.25) is 0 Å². The standard InChI is InChI=1S/C9H16ClNO/c1-8(2,3)7-5-9(4,6-10)12-11-7/h5-6H2,1-4H3. The largest absolute Gasteiger partial charge is 0.388 e. The smallest absolute Gasteiger partial charge is 0.153 e. The fourth-order valence-corrected chi connectivity index (χ4v) is 1.20. The highest BCUT2D eigenvalue weighted by Crippen LogP contribution is 2.32. The van der Waals surface area contributed by atoms with Crippen molar-refractivity contribution in [2.24, 2.45) is 10.6 Å². The van der Waals surface area contributed by atoms with E-state index in [1.165, 1.54) is 0 Å². The Bertz CT molecular complexity index is 207. The normalized spacial score (nSPS) is 29.9. The van der Waals surface area contributed by atoms with Crippen molar-refractivity contribution < 1.29 is 4.84 Å². The van der Waals surface area contributed by atoms with E-state index in [1.807, 2.05) is 6.92 Å². The predicted molar refractivity (Wildman–Crippen MR) is 51.7 cm³/mol. The minimum atomic E-state index is -0.274. The fraction of sp³-hybridized carbons (Fsp3) is 0.889. The van der Waals surface area contributed by atoms with Gasteiger partial charge in [0.25, 0.3) is 0 Å². The van der Waals surface area contributed by atoms with Crippen molar-refractivity contribution in [2.45, 2.75) is 39.7 Å². The molecule has 0 aliphatic carbocycles. The third-order valence-corrected chi connectivity index (χ3v) is 2.63. The highest BCUT2D eigenvalue weighted by atomic mass is 35.5. The Hall–Kier alpha value is -0.240. The molecule has 0 bridgehead atoms. The monoisotopic (exact) mass is 189 g/mol. The summed E-state index contributed by atoms with van der Waals surface area (Å²) in [4.78, 5) is 5.28. The van der Waals surface area contributed by atoms with Crippen LogP contribution in [0.25, 0.3) is 0 Å². The van der Waals surface area contributed by atoms with Gasteiger partial charge in [-0.2, -0.15) is 0 Å². The van der Waals surface area contributed by atoms with Crippen LogP contribution in [0.3, 0.4) is 0 Å². The molecule has 1 aliphatic rings. The first-order valence-electron chi connectivity index (χ1n) is 4.19. The van der Waals surface area contributed by atoms with Gasteiger partial charge in [0.05, 0.1) is 11.6 Å². The molecule has 1 atom stereocenters. The van der Waals surface area contributed by atoms with E-state index in [0.29, 0.717) is 5.88 Å². The Morgan fingerprint density at radius 3 is 2.42 bits per heavy atom. The van der Waals surface area contributed by atoms with Crippen LogP contribution in [-0.4, -0.2) is 17.2 Å². The maximum atomic E-state index is 5.77. The average Bonchev–Trinajstić information content (AvgIpc) is 2.32. The number of oxime groups is 1. The Balaban J connectivity index is 2.66. The third-order valence-electron chi connectivity index (χ3n) is 2.07. The van der Waals surface area contributed by atoms with E-state index in [2.05, 4.69) is 25.9 Å². The highest BCUT2D eigenvalue weighted by molar-refractivity contribution is 6.18. The summed E-state index contributed by atoms with van der Waals surface area (Å²) in [5, 5.41) is 4.06. The van der Waals surface area contributed by atoms with Crippen LogP contribution < -0.4 is 0 Å². The Morgan fingerprint density at radius 1 is 1.58 bits per heavy atom. The molecule has 12 heavy (non-hydrogen) atoms. The van der Waals surface area contributed by atoms with Crippen molar-refractivity contribution in [1.82, 2.24) is 0 Å². The van der Waals surface area contributed by atoms with Crippen molar-refractivity contribution in [3.05, 3.63) is 0 Å². The van der Waals surface area contributed by atoms with Gasteiger partial charge in [0.2, 0.25) is 0 Å². The highest BCUT2D eigenvalue weighted by Gasteiger charge is 2.37. The van der Waals surface area contributed by atoms with Crippen molar-refractivity contribution in [2.75, 3.05) is 5.88 Å². The second-order valence-corrected chi connectivity index (χ2v) is 4.91. The van der Waals surface area contributed by atoms with Gasteiger partial charge in [0, 0.05) is 11.8 Å². The van der Waals surface area contributed by atoms with Crippen LogP contribution in [0.1, 0.15) is 34.1 Å². The zero-order valence-corrected chi connectivity index (χ0v) is 8.90. The van der Waals surface area contributed by atoms with Crippen LogP contribution in [-0.2, 0) is 4.84 Å². The number of halogens is 1. The van der Waals surface area contributed by atoms with E-state index in [-0.39, 0.29) is 11.0 Å². The van der Waals surface area contributed by atoms with Crippen molar-refractivity contribution in [3.63, 3.8) is 0 Å². The molecule has 1 rings (SSSR count). The first-order valence-corrected chi connectivity index (χ1v) is 4.72. The van der Waals surface area contributed by atoms with Gasteiger partial charge in [-0.05, 0) is 6.92 Å². The fourth-order valence-electron chi connectivity index (χ4n) is 1.06. The zero-order valence-electron chi connectivity index (χ0n) is 8.15. The lowest BCUT2D eigenvalue weighted by molar-refractivity contribution is 0.0152. The van der Waals surface area contributed by atoms with E-state index in [1.54, 1.807) is 0 Å². The molecule has 0 aromatic rings. The van der Waals surface area contributed by atoms with E-state index >= 15 is 0 Å². The van der Waals surface area contributed by atoms with Gasteiger partial charge in [-0.3, -0.25) is 0 Å². The molecule has 1 unspecified atom stereocenters. The predicted octanol–water partition coefficient (Wildman–Crippen LogP) is 2.81. The summed E-state index contributed by atoms with van der Waals surface area (Å²) in [7, 11) is 0. The minimum absolute atomic E-state index is 0.101. The van der Waals surface area contributed by atoms with Crippen LogP contribution in [0.5, 0.6) is 0 Å². The topological polar surface area (TPSA) is 21.6 Å². The molecule has 1 heterocycles. The lowest BCUT2D eigenvalue weighted by atomic mass is 9.84. The summed E-state index contributed by atoms with van der Waals surface area (Å²) >= 11 is 5.77. The Kier molecular flexibility index (Phi) is 2.39. The summed E-state index contributed by atoms with van der Waals surface area (Å²) in [6.45, 7) is 8.39. The first kappa shape index (κ1) is 9.85. The molecule has 0 fully saturated rings. The second-order valence-electron chi connectivity index (χ2n) is 4.64. The lowest BCUT2D eigenvalue weighted by Gasteiger charge is -2.20. The third kappa shape index (κ3) is 1.92. The molecule has 0 amide bonds. The Labute approximate surface area is 78.9 Å².